The van der Waals surface area contributed by atoms with E-state index in [1.807, 2.05) is 24.3 Å². The van der Waals surface area contributed by atoms with E-state index in [1.165, 1.54) is 0 Å². The minimum atomic E-state index is -0.199. The summed E-state index contributed by atoms with van der Waals surface area (Å²) in [6.45, 7) is 0. The van der Waals surface area contributed by atoms with Crippen LogP contribution in [0.1, 0.15) is 18.4 Å². The first-order valence-corrected chi connectivity index (χ1v) is 8.23. The van der Waals surface area contributed by atoms with Gasteiger partial charge in [-0.15, -0.1) is 0 Å². The van der Waals surface area contributed by atoms with Crippen molar-refractivity contribution in [1.82, 2.24) is 5.32 Å². The fourth-order valence-corrected chi connectivity index (χ4v) is 2.44. The van der Waals surface area contributed by atoms with Gasteiger partial charge in [0.15, 0.2) is 0 Å². The van der Waals surface area contributed by atoms with Crippen LogP contribution in [0.4, 0.5) is 16.2 Å². The Kier molecular flexibility index (Phi) is 5.18. The monoisotopic (exact) mass is 339 g/mol. The molecular weight excluding hydrogens is 318 g/mol. The van der Waals surface area contributed by atoms with Gasteiger partial charge >= 0.3 is 6.03 Å². The maximum absolute atomic E-state index is 12.2. The van der Waals surface area contributed by atoms with Crippen molar-refractivity contribution in [3.8, 4) is 5.75 Å². The van der Waals surface area contributed by atoms with Gasteiger partial charge in [-0.2, -0.15) is 0 Å². The summed E-state index contributed by atoms with van der Waals surface area (Å²) < 4.78 is 5.25. The Morgan fingerprint density at radius 2 is 1.64 bits per heavy atom. The molecule has 0 bridgehead atoms. The van der Waals surface area contributed by atoms with Gasteiger partial charge in [0.05, 0.1) is 13.5 Å². The lowest BCUT2D eigenvalue weighted by atomic mass is 10.1. The summed E-state index contributed by atoms with van der Waals surface area (Å²) in [6.07, 6.45) is 2.32. The quantitative estimate of drug-likeness (QED) is 0.756. The van der Waals surface area contributed by atoms with Crippen LogP contribution < -0.4 is 20.7 Å². The number of amides is 3. The lowest BCUT2D eigenvalue weighted by molar-refractivity contribution is -0.115. The Bertz CT molecular complexity index is 755. The van der Waals surface area contributed by atoms with Gasteiger partial charge in [-0.05, 0) is 43.2 Å². The molecule has 0 atom stereocenters. The first-order valence-electron chi connectivity index (χ1n) is 8.23. The van der Waals surface area contributed by atoms with E-state index < -0.39 is 0 Å². The van der Waals surface area contributed by atoms with Gasteiger partial charge in [0.1, 0.15) is 5.75 Å². The molecule has 3 amide bonds. The van der Waals surface area contributed by atoms with Crippen LogP contribution in [0.15, 0.2) is 48.5 Å². The van der Waals surface area contributed by atoms with E-state index in [0.29, 0.717) is 23.2 Å². The fourth-order valence-electron chi connectivity index (χ4n) is 2.44. The molecular formula is C19H21N3O3. The summed E-state index contributed by atoms with van der Waals surface area (Å²) in [5.41, 5.74) is 2.19. The average Bonchev–Trinajstić information content (AvgIpc) is 3.41. The van der Waals surface area contributed by atoms with Crippen LogP contribution in [0.2, 0.25) is 0 Å². The standard InChI is InChI=1S/C19H21N3O3/c1-25-17-5-3-2-4-13(17)12-18(23)20-14-6-8-15(9-7-14)21-19(24)22-16-10-11-16/h2-9,16H,10-12H2,1H3,(H,20,23)(H2,21,22,24). The van der Waals surface area contributed by atoms with Crippen molar-refractivity contribution in [1.29, 1.82) is 0 Å². The Labute approximate surface area is 146 Å². The average molecular weight is 339 g/mol. The summed E-state index contributed by atoms with van der Waals surface area (Å²) in [5.74, 6) is 0.565. The highest BCUT2D eigenvalue weighted by molar-refractivity contribution is 5.93. The molecule has 1 aliphatic rings. The van der Waals surface area contributed by atoms with Gasteiger partial charge < -0.3 is 20.7 Å². The zero-order valence-electron chi connectivity index (χ0n) is 14.0. The van der Waals surface area contributed by atoms with Crippen LogP contribution in [0.5, 0.6) is 5.75 Å². The lowest BCUT2D eigenvalue weighted by Gasteiger charge is -2.10. The van der Waals surface area contributed by atoms with Crippen LogP contribution in [0, 0.1) is 0 Å². The summed E-state index contributed by atoms with van der Waals surface area (Å²) in [6, 6.07) is 14.6. The number of hydrogen-bond acceptors (Lipinski definition) is 3. The second kappa shape index (κ2) is 7.70. The van der Waals surface area contributed by atoms with Crippen LogP contribution in [-0.2, 0) is 11.2 Å². The van der Waals surface area contributed by atoms with E-state index >= 15 is 0 Å². The van der Waals surface area contributed by atoms with E-state index in [0.717, 1.165) is 18.4 Å². The van der Waals surface area contributed by atoms with Gasteiger partial charge in [0, 0.05) is 23.0 Å². The van der Waals surface area contributed by atoms with E-state index in [4.69, 9.17) is 4.74 Å². The highest BCUT2D eigenvalue weighted by Gasteiger charge is 2.23. The van der Waals surface area contributed by atoms with Crippen LogP contribution in [0.25, 0.3) is 0 Å². The van der Waals surface area contributed by atoms with Crippen molar-refractivity contribution >= 4 is 23.3 Å². The lowest BCUT2D eigenvalue weighted by Crippen LogP contribution is -2.30. The third-order valence-electron chi connectivity index (χ3n) is 3.88. The van der Waals surface area contributed by atoms with Crippen molar-refractivity contribution in [3.63, 3.8) is 0 Å². The SMILES string of the molecule is COc1ccccc1CC(=O)Nc1ccc(NC(=O)NC2CC2)cc1. The van der Waals surface area contributed by atoms with E-state index in [-0.39, 0.29) is 18.4 Å². The molecule has 0 radical (unpaired) electrons. The first-order chi connectivity index (χ1) is 12.1. The molecule has 25 heavy (non-hydrogen) atoms. The molecule has 3 N–H and O–H groups in total. The fraction of sp³-hybridized carbons (Fsp3) is 0.263. The Balaban J connectivity index is 1.53. The van der Waals surface area contributed by atoms with Crippen molar-refractivity contribution in [2.45, 2.75) is 25.3 Å². The number of anilines is 2. The molecule has 0 spiro atoms. The molecule has 6 nitrogen and oxygen atoms in total. The normalized spacial score (nSPS) is 13.0. The van der Waals surface area contributed by atoms with Gasteiger partial charge in [0.25, 0.3) is 0 Å². The predicted octanol–water partition coefficient (Wildman–Crippen LogP) is 3.16. The van der Waals surface area contributed by atoms with Crippen LogP contribution in [-0.4, -0.2) is 25.1 Å². The number of urea groups is 1. The summed E-state index contributed by atoms with van der Waals surface area (Å²) >= 11 is 0. The number of ether oxygens (including phenoxy) is 1. The largest absolute Gasteiger partial charge is 0.496 e. The zero-order valence-corrected chi connectivity index (χ0v) is 14.0. The third kappa shape index (κ3) is 4.97. The molecule has 1 aliphatic carbocycles. The second-order valence-corrected chi connectivity index (χ2v) is 5.99. The van der Waals surface area contributed by atoms with Crippen LogP contribution in [0.3, 0.4) is 0 Å². The second-order valence-electron chi connectivity index (χ2n) is 5.99. The van der Waals surface area contributed by atoms with E-state index in [1.54, 1.807) is 31.4 Å². The van der Waals surface area contributed by atoms with Gasteiger partial charge in [-0.3, -0.25) is 4.79 Å². The minimum absolute atomic E-state index is 0.128. The maximum atomic E-state index is 12.2. The van der Waals surface area contributed by atoms with Crippen molar-refractivity contribution in [3.05, 3.63) is 54.1 Å². The van der Waals surface area contributed by atoms with Gasteiger partial charge in [-0.1, -0.05) is 18.2 Å². The first kappa shape index (κ1) is 16.8. The molecule has 0 unspecified atom stereocenters. The molecule has 0 saturated heterocycles. The number of hydrogen-bond donors (Lipinski definition) is 3. The maximum Gasteiger partial charge on any atom is 0.319 e. The predicted molar refractivity (Wildman–Crippen MR) is 96.9 cm³/mol. The Hall–Kier alpha value is -3.02. The Morgan fingerprint density at radius 1 is 1.00 bits per heavy atom. The molecule has 1 saturated carbocycles. The van der Waals surface area contributed by atoms with Gasteiger partial charge in [-0.25, -0.2) is 4.79 Å². The van der Waals surface area contributed by atoms with Gasteiger partial charge in [0.2, 0.25) is 5.91 Å². The van der Waals surface area contributed by atoms with Crippen molar-refractivity contribution < 1.29 is 14.3 Å². The highest BCUT2D eigenvalue weighted by atomic mass is 16.5. The molecule has 2 aromatic carbocycles. The van der Waals surface area contributed by atoms with Crippen molar-refractivity contribution in [2.24, 2.45) is 0 Å². The number of rotatable bonds is 6. The minimum Gasteiger partial charge on any atom is -0.496 e. The summed E-state index contributed by atoms with van der Waals surface area (Å²) in [7, 11) is 1.59. The summed E-state index contributed by atoms with van der Waals surface area (Å²) in [4.78, 5) is 23.9. The highest BCUT2D eigenvalue weighted by Crippen LogP contribution is 2.20. The van der Waals surface area contributed by atoms with Crippen molar-refractivity contribution in [2.75, 3.05) is 17.7 Å². The smallest absolute Gasteiger partial charge is 0.319 e. The molecule has 130 valence electrons. The van der Waals surface area contributed by atoms with E-state index in [9.17, 15) is 9.59 Å². The molecule has 3 rings (SSSR count). The number of nitrogens with one attached hydrogen (secondary N) is 3. The molecule has 2 aromatic rings. The molecule has 6 heteroatoms. The third-order valence-corrected chi connectivity index (χ3v) is 3.88. The number of methoxy groups -OCH3 is 1. The molecule has 0 heterocycles. The number of para-hydroxylation sites is 1. The van der Waals surface area contributed by atoms with E-state index in [2.05, 4.69) is 16.0 Å². The zero-order chi connectivity index (χ0) is 17.6. The number of carbonyl (C=O) groups excluding carboxylic acids is 2. The molecule has 0 aliphatic heterocycles. The number of carbonyl (C=O) groups is 2. The number of benzene rings is 2. The Morgan fingerprint density at radius 3 is 2.28 bits per heavy atom. The topological polar surface area (TPSA) is 79.5 Å². The molecule has 0 aromatic heterocycles. The summed E-state index contributed by atoms with van der Waals surface area (Å²) in [5, 5.41) is 8.47. The van der Waals surface area contributed by atoms with Crippen LogP contribution >= 0.6 is 0 Å². The molecule has 1 fully saturated rings.